The molecule has 0 saturated carbocycles. The smallest absolute Gasteiger partial charge is 0.218 e. The van der Waals surface area contributed by atoms with Crippen LogP contribution in [0, 0.1) is 6.92 Å². The third-order valence-electron chi connectivity index (χ3n) is 2.19. The summed E-state index contributed by atoms with van der Waals surface area (Å²) >= 11 is 0. The van der Waals surface area contributed by atoms with Gasteiger partial charge in [0.2, 0.25) is 5.88 Å². The Morgan fingerprint density at radius 2 is 2.06 bits per heavy atom. The zero-order chi connectivity index (χ0) is 12.5. The monoisotopic (exact) mass is 239 g/mol. The van der Waals surface area contributed by atoms with E-state index in [0.29, 0.717) is 24.9 Å². The lowest BCUT2D eigenvalue weighted by atomic mass is 10.4. The summed E-state index contributed by atoms with van der Waals surface area (Å²) in [5, 5.41) is 2.96. The molecule has 1 heterocycles. The highest BCUT2D eigenvalue weighted by Crippen LogP contribution is 2.12. The predicted molar refractivity (Wildman–Crippen MR) is 67.5 cm³/mol. The summed E-state index contributed by atoms with van der Waals surface area (Å²) in [6.45, 7) is 5.89. The summed E-state index contributed by atoms with van der Waals surface area (Å²) in [7, 11) is 1.82. The van der Waals surface area contributed by atoms with Crippen LogP contribution >= 0.6 is 0 Å². The number of nitrogens with one attached hydrogen (secondary N) is 1. The summed E-state index contributed by atoms with van der Waals surface area (Å²) < 4.78 is 10.9. The van der Waals surface area contributed by atoms with Crippen molar-refractivity contribution in [1.29, 1.82) is 0 Å². The first-order chi connectivity index (χ1) is 8.26. The molecular weight excluding hydrogens is 218 g/mol. The van der Waals surface area contributed by atoms with Crippen LogP contribution in [-0.4, -0.2) is 36.8 Å². The largest absolute Gasteiger partial charge is 0.475 e. The second-order valence-corrected chi connectivity index (χ2v) is 3.70. The average Bonchev–Trinajstić information content (AvgIpc) is 2.33. The molecule has 0 aliphatic rings. The van der Waals surface area contributed by atoms with Crippen LogP contribution in [0.15, 0.2) is 6.07 Å². The number of anilines is 1. The normalized spacial score (nSPS) is 10.3. The molecule has 1 rings (SSSR count). The number of aryl methyl sites for hydroxylation is 1. The van der Waals surface area contributed by atoms with Gasteiger partial charge in [0.05, 0.1) is 6.61 Å². The van der Waals surface area contributed by atoms with Crippen LogP contribution in [0.25, 0.3) is 0 Å². The number of hydrogen-bond donors (Lipinski definition) is 1. The maximum Gasteiger partial charge on any atom is 0.218 e. The second kappa shape index (κ2) is 7.84. The van der Waals surface area contributed by atoms with Crippen LogP contribution in [0.1, 0.15) is 25.6 Å². The van der Waals surface area contributed by atoms with Crippen LogP contribution < -0.4 is 10.1 Å². The van der Waals surface area contributed by atoms with E-state index in [-0.39, 0.29) is 0 Å². The van der Waals surface area contributed by atoms with Gasteiger partial charge in [-0.1, -0.05) is 13.3 Å². The Kier molecular flexibility index (Phi) is 6.32. The maximum atomic E-state index is 5.49. The van der Waals surface area contributed by atoms with Crippen molar-refractivity contribution in [3.05, 3.63) is 11.9 Å². The molecule has 0 spiro atoms. The van der Waals surface area contributed by atoms with Crippen molar-refractivity contribution in [3.8, 4) is 5.88 Å². The molecule has 1 aromatic heterocycles. The van der Waals surface area contributed by atoms with Crippen molar-refractivity contribution in [2.45, 2.75) is 26.7 Å². The Morgan fingerprint density at radius 1 is 1.24 bits per heavy atom. The Bertz CT molecular complexity index is 332. The molecule has 0 aliphatic carbocycles. The van der Waals surface area contributed by atoms with Gasteiger partial charge in [-0.3, -0.25) is 0 Å². The SMILES string of the molecule is CCCCOCCOc1cc(NC)nc(C)n1. The number of aromatic nitrogens is 2. The highest BCUT2D eigenvalue weighted by atomic mass is 16.5. The molecule has 5 heteroatoms. The Labute approximate surface area is 103 Å². The van der Waals surface area contributed by atoms with Crippen molar-refractivity contribution in [1.82, 2.24) is 9.97 Å². The molecule has 0 fully saturated rings. The van der Waals surface area contributed by atoms with Gasteiger partial charge in [0, 0.05) is 19.7 Å². The highest BCUT2D eigenvalue weighted by molar-refractivity contribution is 5.37. The zero-order valence-electron chi connectivity index (χ0n) is 10.8. The molecule has 1 N–H and O–H groups in total. The standard InChI is InChI=1S/C12H21N3O2/c1-4-5-6-16-7-8-17-12-9-11(13-3)14-10(2)15-12/h9H,4-8H2,1-3H3,(H,13,14,15). The Morgan fingerprint density at radius 3 is 2.76 bits per heavy atom. The van der Waals surface area contributed by atoms with Gasteiger partial charge in [0.15, 0.2) is 0 Å². The summed E-state index contributed by atoms with van der Waals surface area (Å²) in [6, 6.07) is 1.78. The van der Waals surface area contributed by atoms with Gasteiger partial charge in [-0.25, -0.2) is 4.98 Å². The number of hydrogen-bond acceptors (Lipinski definition) is 5. The zero-order valence-corrected chi connectivity index (χ0v) is 10.8. The first-order valence-electron chi connectivity index (χ1n) is 6.00. The summed E-state index contributed by atoms with van der Waals surface area (Å²) in [4.78, 5) is 8.37. The van der Waals surface area contributed by atoms with Crippen molar-refractivity contribution in [2.75, 3.05) is 32.2 Å². The molecule has 0 saturated heterocycles. The lowest BCUT2D eigenvalue weighted by molar-refractivity contribution is 0.0964. The topological polar surface area (TPSA) is 56.3 Å². The van der Waals surface area contributed by atoms with Gasteiger partial charge >= 0.3 is 0 Å². The van der Waals surface area contributed by atoms with Crippen LogP contribution in [0.5, 0.6) is 5.88 Å². The predicted octanol–water partition coefficient (Wildman–Crippen LogP) is 2.02. The molecule has 0 aliphatic heterocycles. The molecule has 0 aromatic carbocycles. The van der Waals surface area contributed by atoms with Crippen LogP contribution in [0.3, 0.4) is 0 Å². The minimum atomic E-state index is 0.517. The van der Waals surface area contributed by atoms with Crippen molar-refractivity contribution in [2.24, 2.45) is 0 Å². The number of ether oxygens (including phenoxy) is 2. The lowest BCUT2D eigenvalue weighted by Gasteiger charge is -2.08. The molecule has 1 aromatic rings. The number of unbranched alkanes of at least 4 members (excludes halogenated alkanes) is 1. The van der Waals surface area contributed by atoms with Crippen LogP contribution in [0.2, 0.25) is 0 Å². The van der Waals surface area contributed by atoms with E-state index in [0.717, 1.165) is 25.3 Å². The Hall–Kier alpha value is -1.36. The third kappa shape index (κ3) is 5.49. The van der Waals surface area contributed by atoms with E-state index in [1.807, 2.05) is 14.0 Å². The lowest BCUT2D eigenvalue weighted by Crippen LogP contribution is -2.09. The van der Waals surface area contributed by atoms with Gasteiger partial charge in [0.25, 0.3) is 0 Å². The average molecular weight is 239 g/mol. The fourth-order valence-electron chi connectivity index (χ4n) is 1.30. The fraction of sp³-hybridized carbons (Fsp3) is 0.667. The second-order valence-electron chi connectivity index (χ2n) is 3.70. The van der Waals surface area contributed by atoms with Gasteiger partial charge in [-0.05, 0) is 13.3 Å². The first kappa shape index (κ1) is 13.7. The summed E-state index contributed by atoms with van der Waals surface area (Å²) in [5.74, 6) is 2.04. The quantitative estimate of drug-likeness (QED) is 0.703. The van der Waals surface area contributed by atoms with Crippen molar-refractivity contribution >= 4 is 5.82 Å². The molecule has 0 amide bonds. The van der Waals surface area contributed by atoms with E-state index in [4.69, 9.17) is 9.47 Å². The maximum absolute atomic E-state index is 5.49. The molecular formula is C12H21N3O2. The Balaban J connectivity index is 2.28. The highest BCUT2D eigenvalue weighted by Gasteiger charge is 2.01. The van der Waals surface area contributed by atoms with E-state index in [9.17, 15) is 0 Å². The number of rotatable bonds is 8. The van der Waals surface area contributed by atoms with E-state index in [2.05, 4.69) is 22.2 Å². The number of nitrogens with zero attached hydrogens (tertiary/aromatic N) is 2. The van der Waals surface area contributed by atoms with Crippen LogP contribution in [0.4, 0.5) is 5.82 Å². The summed E-state index contributed by atoms with van der Waals surface area (Å²) in [5.41, 5.74) is 0. The van der Waals surface area contributed by atoms with Gasteiger partial charge in [0.1, 0.15) is 18.2 Å². The van der Waals surface area contributed by atoms with E-state index in [1.165, 1.54) is 0 Å². The van der Waals surface area contributed by atoms with E-state index >= 15 is 0 Å². The first-order valence-corrected chi connectivity index (χ1v) is 6.00. The van der Waals surface area contributed by atoms with Gasteiger partial charge < -0.3 is 14.8 Å². The molecule has 0 unspecified atom stereocenters. The third-order valence-corrected chi connectivity index (χ3v) is 2.19. The molecule has 5 nitrogen and oxygen atoms in total. The van der Waals surface area contributed by atoms with Gasteiger partial charge in [-0.15, -0.1) is 0 Å². The molecule has 0 radical (unpaired) electrons. The molecule has 17 heavy (non-hydrogen) atoms. The minimum absolute atomic E-state index is 0.517. The molecule has 96 valence electrons. The summed E-state index contributed by atoms with van der Waals surface area (Å²) in [6.07, 6.45) is 2.24. The van der Waals surface area contributed by atoms with Gasteiger partial charge in [-0.2, -0.15) is 4.98 Å². The van der Waals surface area contributed by atoms with Crippen molar-refractivity contribution < 1.29 is 9.47 Å². The molecule has 0 atom stereocenters. The van der Waals surface area contributed by atoms with Crippen molar-refractivity contribution in [3.63, 3.8) is 0 Å². The van der Waals surface area contributed by atoms with Crippen LogP contribution in [-0.2, 0) is 4.74 Å². The van der Waals surface area contributed by atoms with E-state index in [1.54, 1.807) is 6.07 Å². The fourth-order valence-corrected chi connectivity index (χ4v) is 1.30. The molecule has 0 bridgehead atoms. The minimum Gasteiger partial charge on any atom is -0.475 e. The van der Waals surface area contributed by atoms with E-state index < -0.39 is 0 Å².